The number of fused-ring (bicyclic) bond motifs is 1. The number of rotatable bonds is 3. The van der Waals surface area contributed by atoms with Crippen molar-refractivity contribution in [1.29, 1.82) is 5.26 Å². The maximum Gasteiger partial charge on any atom is 0.259 e. The standard InChI is InChI=1S/C13H11N3O2/c1-18-10-2-3-12-11(5-10)9(7-16-12)4-8(6-14)13(15)17/h2-5,7,16H,1H3,(H2,15,17). The molecular weight excluding hydrogens is 230 g/mol. The Bertz CT molecular complexity index is 677. The summed E-state index contributed by atoms with van der Waals surface area (Å²) in [6.45, 7) is 0. The van der Waals surface area contributed by atoms with Gasteiger partial charge in [0.15, 0.2) is 0 Å². The number of hydrogen-bond acceptors (Lipinski definition) is 3. The Morgan fingerprint density at radius 3 is 2.94 bits per heavy atom. The second-order valence-corrected chi connectivity index (χ2v) is 3.69. The first-order chi connectivity index (χ1) is 8.65. The van der Waals surface area contributed by atoms with Crippen LogP contribution in [0.3, 0.4) is 0 Å². The highest BCUT2D eigenvalue weighted by atomic mass is 16.5. The molecule has 0 fully saturated rings. The molecular formula is C13H11N3O2. The molecule has 3 N–H and O–H groups in total. The molecule has 0 saturated carbocycles. The van der Waals surface area contributed by atoms with Gasteiger partial charge < -0.3 is 15.5 Å². The molecule has 1 aromatic carbocycles. The number of carbonyl (C=O) groups is 1. The summed E-state index contributed by atoms with van der Waals surface area (Å²) in [7, 11) is 1.58. The van der Waals surface area contributed by atoms with E-state index in [4.69, 9.17) is 15.7 Å². The molecule has 0 aliphatic heterocycles. The number of nitrogens with two attached hydrogens (primary N) is 1. The molecule has 0 atom stereocenters. The van der Waals surface area contributed by atoms with Crippen LogP contribution in [0.1, 0.15) is 5.56 Å². The van der Waals surface area contributed by atoms with Crippen molar-refractivity contribution < 1.29 is 9.53 Å². The zero-order valence-electron chi connectivity index (χ0n) is 9.73. The topological polar surface area (TPSA) is 91.9 Å². The number of ether oxygens (including phenoxy) is 1. The van der Waals surface area contributed by atoms with E-state index in [0.29, 0.717) is 5.75 Å². The third kappa shape index (κ3) is 2.04. The lowest BCUT2D eigenvalue weighted by atomic mass is 10.1. The van der Waals surface area contributed by atoms with Gasteiger partial charge in [-0.15, -0.1) is 0 Å². The molecule has 0 aliphatic carbocycles. The molecule has 0 unspecified atom stereocenters. The van der Waals surface area contributed by atoms with Crippen molar-refractivity contribution >= 4 is 22.9 Å². The first kappa shape index (κ1) is 11.7. The van der Waals surface area contributed by atoms with Crippen LogP contribution in [0.4, 0.5) is 0 Å². The van der Waals surface area contributed by atoms with Gasteiger partial charge in [0.1, 0.15) is 17.4 Å². The quantitative estimate of drug-likeness (QED) is 0.631. The van der Waals surface area contributed by atoms with Crippen LogP contribution in [0.25, 0.3) is 17.0 Å². The van der Waals surface area contributed by atoms with Crippen LogP contribution in [0.5, 0.6) is 5.75 Å². The lowest BCUT2D eigenvalue weighted by molar-refractivity contribution is -0.114. The number of primary amides is 1. The van der Waals surface area contributed by atoms with Crippen molar-refractivity contribution in [3.05, 3.63) is 35.5 Å². The highest BCUT2D eigenvalue weighted by molar-refractivity contribution is 6.03. The average Bonchev–Trinajstić information content (AvgIpc) is 2.77. The van der Waals surface area contributed by atoms with Gasteiger partial charge in [-0.2, -0.15) is 5.26 Å². The van der Waals surface area contributed by atoms with Crippen molar-refractivity contribution in [3.8, 4) is 11.8 Å². The number of benzene rings is 1. The minimum absolute atomic E-state index is 0.0845. The van der Waals surface area contributed by atoms with Gasteiger partial charge in [0, 0.05) is 22.7 Å². The van der Waals surface area contributed by atoms with Gasteiger partial charge in [0.05, 0.1) is 7.11 Å². The molecule has 5 heteroatoms. The predicted molar refractivity (Wildman–Crippen MR) is 67.6 cm³/mol. The number of nitrogens with one attached hydrogen (secondary N) is 1. The summed E-state index contributed by atoms with van der Waals surface area (Å²) in [5, 5.41) is 9.68. The maximum atomic E-state index is 11.0. The summed E-state index contributed by atoms with van der Waals surface area (Å²) in [4.78, 5) is 14.1. The number of aromatic nitrogens is 1. The Balaban J connectivity index is 2.58. The van der Waals surface area contributed by atoms with Crippen molar-refractivity contribution in [3.63, 3.8) is 0 Å². The first-order valence-corrected chi connectivity index (χ1v) is 5.22. The van der Waals surface area contributed by atoms with E-state index in [-0.39, 0.29) is 5.57 Å². The summed E-state index contributed by atoms with van der Waals surface area (Å²) in [6, 6.07) is 7.29. The largest absolute Gasteiger partial charge is 0.497 e. The first-order valence-electron chi connectivity index (χ1n) is 5.22. The van der Waals surface area contributed by atoms with Crippen LogP contribution in [0.2, 0.25) is 0 Å². The SMILES string of the molecule is COc1ccc2[nH]cc(C=C(C#N)C(N)=O)c2c1. The maximum absolute atomic E-state index is 11.0. The second kappa shape index (κ2) is 4.63. The fourth-order valence-corrected chi connectivity index (χ4v) is 1.68. The van der Waals surface area contributed by atoms with Gasteiger partial charge in [-0.25, -0.2) is 0 Å². The Morgan fingerprint density at radius 2 is 2.33 bits per heavy atom. The van der Waals surface area contributed by atoms with Crippen molar-refractivity contribution in [2.75, 3.05) is 7.11 Å². The van der Waals surface area contributed by atoms with Crippen LogP contribution >= 0.6 is 0 Å². The van der Waals surface area contributed by atoms with Crippen molar-refractivity contribution in [1.82, 2.24) is 4.98 Å². The van der Waals surface area contributed by atoms with Gasteiger partial charge in [-0.1, -0.05) is 0 Å². The number of nitrogens with zero attached hydrogens (tertiary/aromatic N) is 1. The molecule has 2 aromatic rings. The van der Waals surface area contributed by atoms with E-state index in [2.05, 4.69) is 4.98 Å². The fourth-order valence-electron chi connectivity index (χ4n) is 1.68. The lowest BCUT2D eigenvalue weighted by Crippen LogP contribution is -2.12. The number of aromatic amines is 1. The van der Waals surface area contributed by atoms with Crippen LogP contribution in [0.15, 0.2) is 30.0 Å². The molecule has 1 heterocycles. The molecule has 0 radical (unpaired) electrons. The lowest BCUT2D eigenvalue weighted by Gasteiger charge is -1.99. The minimum Gasteiger partial charge on any atom is -0.497 e. The molecule has 0 spiro atoms. The van der Waals surface area contributed by atoms with E-state index >= 15 is 0 Å². The molecule has 90 valence electrons. The smallest absolute Gasteiger partial charge is 0.259 e. The molecule has 0 aliphatic rings. The van der Waals surface area contributed by atoms with Gasteiger partial charge in [0.25, 0.3) is 5.91 Å². The fraction of sp³-hybridized carbons (Fsp3) is 0.0769. The normalized spacial score (nSPS) is 11.2. The second-order valence-electron chi connectivity index (χ2n) is 3.69. The Hall–Kier alpha value is -2.74. The van der Waals surface area contributed by atoms with Crippen LogP contribution in [0, 0.1) is 11.3 Å². The van der Waals surface area contributed by atoms with Gasteiger partial charge in [0.2, 0.25) is 0 Å². The summed E-state index contributed by atoms with van der Waals surface area (Å²) >= 11 is 0. The number of methoxy groups -OCH3 is 1. The summed E-state index contributed by atoms with van der Waals surface area (Å²) in [5.41, 5.74) is 6.63. The van der Waals surface area contributed by atoms with E-state index in [1.165, 1.54) is 6.08 Å². The molecule has 1 aromatic heterocycles. The van der Waals surface area contributed by atoms with Crippen LogP contribution in [-0.4, -0.2) is 18.0 Å². The van der Waals surface area contributed by atoms with Crippen LogP contribution < -0.4 is 10.5 Å². The molecule has 18 heavy (non-hydrogen) atoms. The highest BCUT2D eigenvalue weighted by Crippen LogP contribution is 2.25. The van der Waals surface area contributed by atoms with Gasteiger partial charge in [-0.05, 0) is 24.3 Å². The van der Waals surface area contributed by atoms with Crippen molar-refractivity contribution in [2.24, 2.45) is 5.73 Å². The van der Waals surface area contributed by atoms with E-state index in [9.17, 15) is 4.79 Å². The van der Waals surface area contributed by atoms with E-state index in [0.717, 1.165) is 16.5 Å². The average molecular weight is 241 g/mol. The highest BCUT2D eigenvalue weighted by Gasteiger charge is 2.07. The third-order valence-electron chi connectivity index (χ3n) is 2.61. The summed E-state index contributed by atoms with van der Waals surface area (Å²) < 4.78 is 5.13. The van der Waals surface area contributed by atoms with Gasteiger partial charge >= 0.3 is 0 Å². The molecule has 2 rings (SSSR count). The van der Waals surface area contributed by atoms with Gasteiger partial charge in [-0.3, -0.25) is 4.79 Å². The van der Waals surface area contributed by atoms with Crippen LogP contribution in [-0.2, 0) is 4.79 Å². The third-order valence-corrected chi connectivity index (χ3v) is 2.61. The Kier molecular flexibility index (Phi) is 3.02. The number of amides is 1. The van der Waals surface area contributed by atoms with E-state index in [1.54, 1.807) is 19.4 Å². The predicted octanol–water partition coefficient (Wildman–Crippen LogP) is 1.57. The Morgan fingerprint density at radius 1 is 1.56 bits per heavy atom. The van der Waals surface area contributed by atoms with Crippen molar-refractivity contribution in [2.45, 2.75) is 0 Å². The zero-order valence-corrected chi connectivity index (χ0v) is 9.73. The molecule has 5 nitrogen and oxygen atoms in total. The summed E-state index contributed by atoms with van der Waals surface area (Å²) in [5.74, 6) is -0.0379. The zero-order chi connectivity index (χ0) is 13.1. The number of hydrogen-bond donors (Lipinski definition) is 2. The molecule has 0 bridgehead atoms. The number of H-pyrrole nitrogens is 1. The van der Waals surface area contributed by atoms with E-state index < -0.39 is 5.91 Å². The van der Waals surface area contributed by atoms with E-state index in [1.807, 2.05) is 18.2 Å². The summed E-state index contributed by atoms with van der Waals surface area (Å²) in [6.07, 6.45) is 3.17. The monoisotopic (exact) mass is 241 g/mol. The molecule has 0 saturated heterocycles. The Labute approximate surface area is 103 Å². The number of carbonyl (C=O) groups excluding carboxylic acids is 1. The number of nitriles is 1. The minimum atomic E-state index is -0.741. The molecule has 1 amide bonds.